The number of amides is 1. The van der Waals surface area contributed by atoms with Gasteiger partial charge in [0.2, 0.25) is 0 Å². The number of carbonyl (C=O) groups excluding carboxylic acids is 1. The van der Waals surface area contributed by atoms with Crippen LogP contribution >= 0.6 is 22.9 Å². The van der Waals surface area contributed by atoms with Gasteiger partial charge in [0.1, 0.15) is 5.75 Å². The highest BCUT2D eigenvalue weighted by Crippen LogP contribution is 2.31. The average molecular weight is 380 g/mol. The number of benzene rings is 1. The summed E-state index contributed by atoms with van der Waals surface area (Å²) in [6, 6.07) is 5.34. The Bertz CT molecular complexity index is 744. The van der Waals surface area contributed by atoms with Gasteiger partial charge in [-0.25, -0.2) is 4.98 Å². The number of piperidine rings is 1. The van der Waals surface area contributed by atoms with Crippen LogP contribution < -0.4 is 15.4 Å². The molecule has 5 nitrogen and oxygen atoms in total. The maximum atomic E-state index is 12.4. The van der Waals surface area contributed by atoms with Gasteiger partial charge in [-0.05, 0) is 69.5 Å². The van der Waals surface area contributed by atoms with E-state index in [0.717, 1.165) is 31.5 Å². The van der Waals surface area contributed by atoms with E-state index < -0.39 is 6.10 Å². The zero-order valence-electron chi connectivity index (χ0n) is 14.3. The van der Waals surface area contributed by atoms with Gasteiger partial charge in [-0.15, -0.1) is 11.3 Å². The number of rotatable bonds is 5. The van der Waals surface area contributed by atoms with Gasteiger partial charge < -0.3 is 10.1 Å². The lowest BCUT2D eigenvalue weighted by Crippen LogP contribution is -2.30. The molecule has 1 aliphatic heterocycles. The molecule has 1 unspecified atom stereocenters. The van der Waals surface area contributed by atoms with E-state index in [2.05, 4.69) is 15.6 Å². The maximum Gasteiger partial charge on any atom is 0.266 e. The normalized spacial score (nSPS) is 16.4. The molecule has 3 rings (SSSR count). The molecule has 7 heteroatoms. The topological polar surface area (TPSA) is 63.2 Å². The second-order valence-corrected chi connectivity index (χ2v) is 7.75. The SMILES string of the molecule is Cc1cc(Cl)ccc1OC(C)C(=O)Nc1ncc(C2CCNCC2)s1. The van der Waals surface area contributed by atoms with Crippen LogP contribution in [0.1, 0.15) is 36.1 Å². The van der Waals surface area contributed by atoms with E-state index in [1.165, 1.54) is 4.88 Å². The van der Waals surface area contributed by atoms with E-state index in [1.54, 1.807) is 30.4 Å². The summed E-state index contributed by atoms with van der Waals surface area (Å²) in [5.41, 5.74) is 0.898. The van der Waals surface area contributed by atoms with Crippen molar-refractivity contribution >= 4 is 34.0 Å². The number of thiazole rings is 1. The first-order valence-corrected chi connectivity index (χ1v) is 9.62. The van der Waals surface area contributed by atoms with Gasteiger partial charge in [0, 0.05) is 16.1 Å². The quantitative estimate of drug-likeness (QED) is 0.824. The van der Waals surface area contributed by atoms with Crippen molar-refractivity contribution in [2.45, 2.75) is 38.7 Å². The molecule has 134 valence electrons. The molecule has 0 saturated carbocycles. The molecule has 1 atom stereocenters. The number of hydrogen-bond acceptors (Lipinski definition) is 5. The lowest BCUT2D eigenvalue weighted by Gasteiger charge is -2.20. The fourth-order valence-corrected chi connectivity index (χ4v) is 4.05. The minimum Gasteiger partial charge on any atom is -0.481 e. The van der Waals surface area contributed by atoms with E-state index >= 15 is 0 Å². The Labute approximate surface area is 156 Å². The predicted octanol–water partition coefficient (Wildman–Crippen LogP) is 3.98. The third-order valence-electron chi connectivity index (χ3n) is 4.31. The highest BCUT2D eigenvalue weighted by atomic mass is 35.5. The van der Waals surface area contributed by atoms with Crippen LogP contribution in [0.25, 0.3) is 0 Å². The monoisotopic (exact) mass is 379 g/mol. The first-order chi connectivity index (χ1) is 12.0. The Morgan fingerprint density at radius 3 is 2.92 bits per heavy atom. The zero-order valence-corrected chi connectivity index (χ0v) is 15.9. The minimum absolute atomic E-state index is 0.208. The molecule has 1 amide bonds. The van der Waals surface area contributed by atoms with Gasteiger partial charge in [-0.1, -0.05) is 11.6 Å². The summed E-state index contributed by atoms with van der Waals surface area (Å²) in [6.45, 7) is 5.70. The molecule has 0 spiro atoms. The molecule has 25 heavy (non-hydrogen) atoms. The Hall–Kier alpha value is -1.63. The molecule has 2 aromatic rings. The summed E-state index contributed by atoms with van der Waals surface area (Å²) in [5, 5.41) is 7.49. The van der Waals surface area contributed by atoms with Crippen LogP contribution in [0, 0.1) is 6.92 Å². The van der Waals surface area contributed by atoms with Crippen molar-refractivity contribution < 1.29 is 9.53 Å². The van der Waals surface area contributed by atoms with Gasteiger partial charge in [-0.3, -0.25) is 10.1 Å². The molecule has 1 aromatic heterocycles. The molecule has 0 radical (unpaired) electrons. The van der Waals surface area contributed by atoms with Gasteiger partial charge in [0.05, 0.1) is 0 Å². The van der Waals surface area contributed by atoms with Gasteiger partial charge in [0.25, 0.3) is 5.91 Å². The average Bonchev–Trinajstić information content (AvgIpc) is 3.06. The fraction of sp³-hybridized carbons (Fsp3) is 0.444. The Balaban J connectivity index is 1.58. The van der Waals surface area contributed by atoms with Crippen molar-refractivity contribution in [3.05, 3.63) is 39.9 Å². The molecular weight excluding hydrogens is 358 g/mol. The van der Waals surface area contributed by atoms with Crippen molar-refractivity contribution in [1.29, 1.82) is 0 Å². The first-order valence-electron chi connectivity index (χ1n) is 8.43. The van der Waals surface area contributed by atoms with E-state index in [9.17, 15) is 4.79 Å². The second-order valence-electron chi connectivity index (χ2n) is 6.25. The molecule has 1 saturated heterocycles. The van der Waals surface area contributed by atoms with Crippen molar-refractivity contribution in [3.8, 4) is 5.75 Å². The number of anilines is 1. The van der Waals surface area contributed by atoms with Crippen LogP contribution in [-0.2, 0) is 4.79 Å². The number of hydrogen-bond donors (Lipinski definition) is 2. The van der Waals surface area contributed by atoms with E-state index in [-0.39, 0.29) is 5.91 Å². The lowest BCUT2D eigenvalue weighted by molar-refractivity contribution is -0.122. The van der Waals surface area contributed by atoms with Crippen LogP contribution in [0.15, 0.2) is 24.4 Å². The maximum absolute atomic E-state index is 12.4. The summed E-state index contributed by atoms with van der Waals surface area (Å²) < 4.78 is 5.76. The molecule has 2 N–H and O–H groups in total. The molecular formula is C18H22ClN3O2S. The minimum atomic E-state index is -0.619. The number of nitrogens with zero attached hydrogens (tertiary/aromatic N) is 1. The molecule has 1 aliphatic rings. The number of aromatic nitrogens is 1. The van der Waals surface area contributed by atoms with Crippen molar-refractivity contribution in [1.82, 2.24) is 10.3 Å². The Morgan fingerprint density at radius 2 is 2.20 bits per heavy atom. The first kappa shape index (κ1) is 18.2. The van der Waals surface area contributed by atoms with Crippen molar-refractivity contribution in [2.24, 2.45) is 0 Å². The van der Waals surface area contributed by atoms with Gasteiger partial charge >= 0.3 is 0 Å². The fourth-order valence-electron chi connectivity index (χ4n) is 2.84. The van der Waals surface area contributed by atoms with E-state index in [1.807, 2.05) is 19.2 Å². The van der Waals surface area contributed by atoms with Crippen LogP contribution in [0.2, 0.25) is 5.02 Å². The van der Waals surface area contributed by atoms with Crippen LogP contribution in [0.4, 0.5) is 5.13 Å². The lowest BCUT2D eigenvalue weighted by atomic mass is 9.97. The standard InChI is InChI=1S/C18H22ClN3O2S/c1-11-9-14(19)3-4-15(11)24-12(2)17(23)22-18-21-10-16(25-18)13-5-7-20-8-6-13/h3-4,9-10,12-13,20H,5-8H2,1-2H3,(H,21,22,23). The smallest absolute Gasteiger partial charge is 0.266 e. The third kappa shape index (κ3) is 4.71. The second kappa shape index (κ2) is 8.17. The number of nitrogens with one attached hydrogen (secondary N) is 2. The highest BCUT2D eigenvalue weighted by Gasteiger charge is 2.20. The summed E-state index contributed by atoms with van der Waals surface area (Å²) in [4.78, 5) is 18.0. The predicted molar refractivity (Wildman–Crippen MR) is 102 cm³/mol. The molecule has 1 aromatic carbocycles. The van der Waals surface area contributed by atoms with Crippen molar-refractivity contribution in [2.75, 3.05) is 18.4 Å². The molecule has 1 fully saturated rings. The summed E-state index contributed by atoms with van der Waals surface area (Å²) in [6.07, 6.45) is 3.49. The highest BCUT2D eigenvalue weighted by molar-refractivity contribution is 7.15. The third-order valence-corrected chi connectivity index (χ3v) is 5.62. The number of aryl methyl sites for hydroxylation is 1. The summed E-state index contributed by atoms with van der Waals surface area (Å²) in [5.74, 6) is 0.983. The van der Waals surface area contributed by atoms with E-state index in [0.29, 0.717) is 21.8 Å². The number of ether oxygens (including phenoxy) is 1. The summed E-state index contributed by atoms with van der Waals surface area (Å²) >= 11 is 7.50. The Kier molecular flexibility index (Phi) is 5.93. The van der Waals surface area contributed by atoms with E-state index in [4.69, 9.17) is 16.3 Å². The number of halogens is 1. The number of carbonyl (C=O) groups is 1. The molecule has 0 aliphatic carbocycles. The molecule has 2 heterocycles. The van der Waals surface area contributed by atoms with Crippen molar-refractivity contribution in [3.63, 3.8) is 0 Å². The van der Waals surface area contributed by atoms with Crippen LogP contribution in [0.3, 0.4) is 0 Å². The van der Waals surface area contributed by atoms with Gasteiger partial charge in [0.15, 0.2) is 11.2 Å². The van der Waals surface area contributed by atoms with Gasteiger partial charge in [-0.2, -0.15) is 0 Å². The molecule has 0 bridgehead atoms. The Morgan fingerprint density at radius 1 is 1.44 bits per heavy atom. The summed E-state index contributed by atoms with van der Waals surface area (Å²) in [7, 11) is 0. The van der Waals surface area contributed by atoms with Crippen LogP contribution in [-0.4, -0.2) is 30.1 Å². The largest absolute Gasteiger partial charge is 0.481 e. The zero-order chi connectivity index (χ0) is 17.8. The van der Waals surface area contributed by atoms with Crippen LogP contribution in [0.5, 0.6) is 5.75 Å².